The molecule has 2 saturated heterocycles. The molecule has 138 valence electrons. The molecule has 0 unspecified atom stereocenters. The normalized spacial score (nSPS) is 25.6. The Balaban J connectivity index is 1.59. The van der Waals surface area contributed by atoms with Crippen molar-refractivity contribution in [2.24, 2.45) is 0 Å². The fraction of sp³-hybridized carbons (Fsp3) is 0.500. The maximum Gasteiger partial charge on any atom is 0.236 e. The van der Waals surface area contributed by atoms with Gasteiger partial charge in [-0.05, 0) is 30.2 Å². The van der Waals surface area contributed by atoms with Crippen LogP contribution in [-0.2, 0) is 19.9 Å². The van der Waals surface area contributed by atoms with Crippen molar-refractivity contribution in [2.45, 2.75) is 12.5 Å². The third-order valence-corrected chi connectivity index (χ3v) is 8.23. The van der Waals surface area contributed by atoms with Crippen molar-refractivity contribution in [2.75, 3.05) is 37.7 Å². The van der Waals surface area contributed by atoms with Crippen LogP contribution in [0.5, 0.6) is 0 Å². The Labute approximate surface area is 154 Å². The molecular formula is C16H21ClN2O4S2. The molecule has 9 heteroatoms. The van der Waals surface area contributed by atoms with Gasteiger partial charge in [0, 0.05) is 42.7 Å². The lowest BCUT2D eigenvalue weighted by Gasteiger charge is -2.36. The summed E-state index contributed by atoms with van der Waals surface area (Å²) in [6, 6.07) is 6.96. The number of rotatable bonds is 4. The van der Waals surface area contributed by atoms with E-state index in [9.17, 15) is 16.8 Å². The van der Waals surface area contributed by atoms with E-state index < -0.39 is 19.9 Å². The number of piperazine rings is 1. The fourth-order valence-corrected chi connectivity index (χ4v) is 6.27. The molecule has 2 fully saturated rings. The monoisotopic (exact) mass is 404 g/mol. The van der Waals surface area contributed by atoms with Crippen LogP contribution >= 0.6 is 11.6 Å². The van der Waals surface area contributed by atoms with Crippen molar-refractivity contribution in [3.63, 3.8) is 0 Å². The number of hydrogen-bond donors (Lipinski definition) is 0. The molecule has 0 N–H and O–H groups in total. The number of nitrogens with zero attached hydrogens (tertiary/aromatic N) is 2. The lowest BCUT2D eigenvalue weighted by Crippen LogP contribution is -2.51. The molecule has 0 radical (unpaired) electrons. The number of hydrogen-bond acceptors (Lipinski definition) is 5. The Morgan fingerprint density at radius 2 is 1.72 bits per heavy atom. The van der Waals surface area contributed by atoms with E-state index in [0.29, 0.717) is 37.6 Å². The number of halogens is 1. The lowest BCUT2D eigenvalue weighted by atomic mass is 10.2. The first-order valence-electron chi connectivity index (χ1n) is 8.13. The third-order valence-electron chi connectivity index (χ3n) is 4.66. The highest BCUT2D eigenvalue weighted by Crippen LogP contribution is 2.20. The summed E-state index contributed by atoms with van der Waals surface area (Å²) in [7, 11) is -6.41. The molecule has 0 bridgehead atoms. The minimum atomic E-state index is -3.49. The van der Waals surface area contributed by atoms with Gasteiger partial charge in [0.25, 0.3) is 0 Å². The average molecular weight is 405 g/mol. The molecule has 2 aliphatic rings. The Morgan fingerprint density at radius 1 is 1.08 bits per heavy atom. The summed E-state index contributed by atoms with van der Waals surface area (Å²) in [4.78, 5) is 2.10. The summed E-state index contributed by atoms with van der Waals surface area (Å²) >= 11 is 5.82. The SMILES string of the molecule is O=S1(=O)CC[C@@H](N2CCN(S(=O)(=O)/C=C/c3ccc(Cl)cc3)CC2)C1. The second kappa shape index (κ2) is 7.36. The summed E-state index contributed by atoms with van der Waals surface area (Å²) < 4.78 is 49.6. The van der Waals surface area contributed by atoms with Gasteiger partial charge < -0.3 is 0 Å². The number of benzene rings is 1. The predicted molar refractivity (Wildman–Crippen MR) is 99.6 cm³/mol. The van der Waals surface area contributed by atoms with Crippen LogP contribution in [0.25, 0.3) is 6.08 Å². The quantitative estimate of drug-likeness (QED) is 0.759. The lowest BCUT2D eigenvalue weighted by molar-refractivity contribution is 0.149. The van der Waals surface area contributed by atoms with Crippen molar-refractivity contribution in [1.29, 1.82) is 0 Å². The van der Waals surface area contributed by atoms with E-state index in [1.807, 2.05) is 0 Å². The molecule has 1 aromatic rings. The Hall–Kier alpha value is -0.930. The zero-order valence-electron chi connectivity index (χ0n) is 13.7. The second-order valence-electron chi connectivity index (χ2n) is 6.39. The summed E-state index contributed by atoms with van der Waals surface area (Å²) in [5, 5.41) is 1.82. The molecule has 2 aliphatic heterocycles. The van der Waals surface area contributed by atoms with E-state index in [4.69, 9.17) is 11.6 Å². The van der Waals surface area contributed by atoms with Crippen LogP contribution in [0.2, 0.25) is 5.02 Å². The van der Waals surface area contributed by atoms with E-state index >= 15 is 0 Å². The van der Waals surface area contributed by atoms with Gasteiger partial charge in [-0.15, -0.1) is 0 Å². The van der Waals surface area contributed by atoms with Gasteiger partial charge in [-0.2, -0.15) is 4.31 Å². The zero-order chi connectivity index (χ0) is 18.1. The minimum absolute atomic E-state index is 0.0273. The van der Waals surface area contributed by atoms with Crippen LogP contribution in [0.15, 0.2) is 29.7 Å². The van der Waals surface area contributed by atoms with Crippen molar-refractivity contribution < 1.29 is 16.8 Å². The zero-order valence-corrected chi connectivity index (χ0v) is 16.1. The first kappa shape index (κ1) is 18.8. The van der Waals surface area contributed by atoms with Gasteiger partial charge in [0.15, 0.2) is 9.84 Å². The van der Waals surface area contributed by atoms with Crippen molar-refractivity contribution in [3.05, 3.63) is 40.3 Å². The molecule has 6 nitrogen and oxygen atoms in total. The van der Waals surface area contributed by atoms with Crippen molar-refractivity contribution in [3.8, 4) is 0 Å². The molecule has 0 aliphatic carbocycles. The molecule has 1 atom stereocenters. The third kappa shape index (κ3) is 4.83. The summed E-state index contributed by atoms with van der Waals surface area (Å²) in [5.41, 5.74) is 0.766. The number of sulfonamides is 1. The van der Waals surface area contributed by atoms with Crippen molar-refractivity contribution >= 4 is 37.5 Å². The first-order chi connectivity index (χ1) is 11.8. The molecule has 0 amide bonds. The maximum absolute atomic E-state index is 12.5. The minimum Gasteiger partial charge on any atom is -0.297 e. The Morgan fingerprint density at radius 3 is 2.28 bits per heavy atom. The smallest absolute Gasteiger partial charge is 0.236 e. The Bertz CT molecular complexity index is 843. The molecule has 3 rings (SSSR count). The maximum atomic E-state index is 12.5. The highest BCUT2D eigenvalue weighted by molar-refractivity contribution is 7.92. The highest BCUT2D eigenvalue weighted by Gasteiger charge is 2.35. The summed E-state index contributed by atoms with van der Waals surface area (Å²) in [6.45, 7) is 1.89. The van der Waals surface area contributed by atoms with E-state index in [1.54, 1.807) is 30.3 Å². The van der Waals surface area contributed by atoms with Gasteiger partial charge in [0.05, 0.1) is 11.5 Å². The molecule has 2 heterocycles. The van der Waals surface area contributed by atoms with Crippen LogP contribution in [0.4, 0.5) is 0 Å². The molecule has 0 spiro atoms. The van der Waals surface area contributed by atoms with Gasteiger partial charge in [-0.1, -0.05) is 23.7 Å². The summed E-state index contributed by atoms with van der Waals surface area (Å²) in [6.07, 6.45) is 2.20. The van der Waals surface area contributed by atoms with Gasteiger partial charge in [-0.25, -0.2) is 16.8 Å². The van der Waals surface area contributed by atoms with Crippen LogP contribution in [0.1, 0.15) is 12.0 Å². The molecule has 0 aromatic heterocycles. The van der Waals surface area contributed by atoms with Crippen LogP contribution in [-0.4, -0.2) is 69.8 Å². The fourth-order valence-electron chi connectivity index (χ4n) is 3.21. The van der Waals surface area contributed by atoms with E-state index in [0.717, 1.165) is 5.56 Å². The van der Waals surface area contributed by atoms with E-state index in [1.165, 1.54) is 9.71 Å². The summed E-state index contributed by atoms with van der Waals surface area (Å²) in [5.74, 6) is 0.427. The highest BCUT2D eigenvalue weighted by atomic mass is 35.5. The van der Waals surface area contributed by atoms with Crippen LogP contribution in [0, 0.1) is 0 Å². The first-order valence-corrected chi connectivity index (χ1v) is 11.8. The molecule has 1 aromatic carbocycles. The van der Waals surface area contributed by atoms with E-state index in [2.05, 4.69) is 4.90 Å². The van der Waals surface area contributed by atoms with Gasteiger partial charge in [0.1, 0.15) is 0 Å². The molecule has 0 saturated carbocycles. The Kier molecular flexibility index (Phi) is 5.55. The standard InChI is InChI=1S/C16H21ClN2O4S2/c17-15-3-1-14(2-4-15)5-12-25(22,23)19-9-7-18(8-10-19)16-6-11-24(20,21)13-16/h1-5,12,16H,6-11,13H2/b12-5+/t16-/m1/s1. The average Bonchev–Trinajstić information content (AvgIpc) is 2.94. The van der Waals surface area contributed by atoms with Gasteiger partial charge >= 0.3 is 0 Å². The van der Waals surface area contributed by atoms with E-state index in [-0.39, 0.29) is 17.5 Å². The topological polar surface area (TPSA) is 74.8 Å². The second-order valence-corrected chi connectivity index (χ2v) is 10.9. The van der Waals surface area contributed by atoms with Crippen LogP contribution < -0.4 is 0 Å². The van der Waals surface area contributed by atoms with Gasteiger partial charge in [0.2, 0.25) is 10.0 Å². The molecular weight excluding hydrogens is 384 g/mol. The predicted octanol–water partition coefficient (Wildman–Crippen LogP) is 1.45. The van der Waals surface area contributed by atoms with Gasteiger partial charge in [-0.3, -0.25) is 4.90 Å². The number of sulfone groups is 1. The largest absolute Gasteiger partial charge is 0.297 e. The van der Waals surface area contributed by atoms with Crippen molar-refractivity contribution in [1.82, 2.24) is 9.21 Å². The molecule has 25 heavy (non-hydrogen) atoms. The van der Waals surface area contributed by atoms with Crippen LogP contribution in [0.3, 0.4) is 0 Å².